The summed E-state index contributed by atoms with van der Waals surface area (Å²) in [5, 5.41) is 3.30. The van der Waals surface area contributed by atoms with Crippen molar-refractivity contribution in [3.05, 3.63) is 24.3 Å². The van der Waals surface area contributed by atoms with Gasteiger partial charge in [-0.1, -0.05) is 31.4 Å². The van der Waals surface area contributed by atoms with Crippen molar-refractivity contribution in [3.8, 4) is 5.75 Å². The van der Waals surface area contributed by atoms with E-state index in [9.17, 15) is 0 Å². The molecule has 0 atom stereocenters. The molecule has 3 heteroatoms. The molecule has 1 aromatic rings. The maximum absolute atomic E-state index is 5.51. The molecule has 2 rings (SSSR count). The number of nitrogens with one attached hydrogen (secondary N) is 1. The summed E-state index contributed by atoms with van der Waals surface area (Å²) in [6, 6.07) is 8.23. The molecule has 96 valence electrons. The van der Waals surface area contributed by atoms with Gasteiger partial charge >= 0.3 is 0 Å². The van der Waals surface area contributed by atoms with Gasteiger partial charge in [0, 0.05) is 6.04 Å². The minimum absolute atomic E-state index is 0.681. The molecule has 0 aliphatic heterocycles. The van der Waals surface area contributed by atoms with Crippen molar-refractivity contribution in [2.24, 2.45) is 0 Å². The van der Waals surface area contributed by atoms with Crippen molar-refractivity contribution in [3.63, 3.8) is 0 Å². The van der Waals surface area contributed by atoms with Crippen LogP contribution < -0.4 is 15.8 Å². The number of anilines is 1. The molecule has 0 aromatic heterocycles. The fourth-order valence-electron chi connectivity index (χ4n) is 2.06. The molecule has 17 heavy (non-hydrogen) atoms. The van der Waals surface area contributed by atoms with Crippen molar-refractivity contribution in [1.82, 2.24) is 5.32 Å². The third-order valence-electron chi connectivity index (χ3n) is 3.15. The zero-order valence-corrected chi connectivity index (χ0v) is 10.9. The van der Waals surface area contributed by atoms with Crippen LogP contribution in [0.2, 0.25) is 0 Å². The van der Waals surface area contributed by atoms with Crippen molar-refractivity contribution in [2.75, 3.05) is 19.9 Å². The Morgan fingerprint density at radius 1 is 1.18 bits per heavy atom. The SMILES string of the molecule is CNC1CCCCC1.COc1ccccc1N. The van der Waals surface area contributed by atoms with E-state index in [2.05, 4.69) is 12.4 Å². The fraction of sp³-hybridized carbons (Fsp3) is 0.571. The molecular formula is C14H24N2O. The Morgan fingerprint density at radius 3 is 2.24 bits per heavy atom. The van der Waals surface area contributed by atoms with Crippen LogP contribution in [0.5, 0.6) is 5.75 Å². The summed E-state index contributed by atoms with van der Waals surface area (Å²) in [6.07, 6.45) is 7.13. The summed E-state index contributed by atoms with van der Waals surface area (Å²) >= 11 is 0. The van der Waals surface area contributed by atoms with E-state index in [0.717, 1.165) is 11.8 Å². The normalized spacial score (nSPS) is 15.9. The number of ether oxygens (including phenoxy) is 1. The third kappa shape index (κ3) is 5.09. The largest absolute Gasteiger partial charge is 0.495 e. The molecule has 0 heterocycles. The van der Waals surface area contributed by atoms with Gasteiger partial charge in [0.15, 0.2) is 0 Å². The molecule has 1 aromatic carbocycles. The van der Waals surface area contributed by atoms with E-state index in [4.69, 9.17) is 10.5 Å². The first-order valence-corrected chi connectivity index (χ1v) is 6.33. The highest BCUT2D eigenvalue weighted by atomic mass is 16.5. The summed E-state index contributed by atoms with van der Waals surface area (Å²) < 4.78 is 4.92. The monoisotopic (exact) mass is 236 g/mol. The third-order valence-corrected chi connectivity index (χ3v) is 3.15. The van der Waals surface area contributed by atoms with Gasteiger partial charge in [-0.2, -0.15) is 0 Å². The Hall–Kier alpha value is -1.22. The second-order valence-corrected chi connectivity index (χ2v) is 4.37. The average Bonchev–Trinajstić information content (AvgIpc) is 2.41. The smallest absolute Gasteiger partial charge is 0.141 e. The molecule has 3 N–H and O–H groups in total. The van der Waals surface area contributed by atoms with E-state index in [0.29, 0.717) is 5.69 Å². The molecule has 0 saturated heterocycles. The maximum Gasteiger partial charge on any atom is 0.141 e. The highest BCUT2D eigenvalue weighted by Crippen LogP contribution is 2.18. The van der Waals surface area contributed by atoms with Crippen molar-refractivity contribution >= 4 is 5.69 Å². The number of hydrogen-bond donors (Lipinski definition) is 2. The first kappa shape index (κ1) is 13.8. The predicted octanol–water partition coefficient (Wildman–Crippen LogP) is 2.82. The van der Waals surface area contributed by atoms with Gasteiger partial charge in [0.25, 0.3) is 0 Å². The molecule has 0 radical (unpaired) electrons. The van der Waals surface area contributed by atoms with E-state index >= 15 is 0 Å². The van der Waals surface area contributed by atoms with Gasteiger partial charge in [0.2, 0.25) is 0 Å². The lowest BCUT2D eigenvalue weighted by molar-refractivity contribution is 0.394. The number of para-hydroxylation sites is 2. The maximum atomic E-state index is 5.51. The topological polar surface area (TPSA) is 47.3 Å². The van der Waals surface area contributed by atoms with Crippen LogP contribution in [0.1, 0.15) is 32.1 Å². The van der Waals surface area contributed by atoms with Crippen LogP contribution in [-0.4, -0.2) is 20.2 Å². The Kier molecular flexibility index (Phi) is 6.48. The van der Waals surface area contributed by atoms with Crippen LogP contribution in [0.3, 0.4) is 0 Å². The Balaban J connectivity index is 0.000000171. The highest BCUT2D eigenvalue weighted by molar-refractivity contribution is 5.51. The highest BCUT2D eigenvalue weighted by Gasteiger charge is 2.09. The molecule has 1 aliphatic carbocycles. The van der Waals surface area contributed by atoms with Gasteiger partial charge in [0.1, 0.15) is 5.75 Å². The zero-order valence-electron chi connectivity index (χ0n) is 10.9. The van der Waals surface area contributed by atoms with Crippen LogP contribution in [-0.2, 0) is 0 Å². The van der Waals surface area contributed by atoms with Gasteiger partial charge in [-0.05, 0) is 32.0 Å². The van der Waals surface area contributed by atoms with Gasteiger partial charge < -0.3 is 15.8 Å². The average molecular weight is 236 g/mol. The van der Waals surface area contributed by atoms with E-state index in [1.165, 1.54) is 32.1 Å². The van der Waals surface area contributed by atoms with Crippen LogP contribution in [0.4, 0.5) is 5.69 Å². The van der Waals surface area contributed by atoms with E-state index in [-0.39, 0.29) is 0 Å². The van der Waals surface area contributed by atoms with Crippen molar-refractivity contribution in [1.29, 1.82) is 0 Å². The molecule has 1 fully saturated rings. The van der Waals surface area contributed by atoms with Gasteiger partial charge in [-0.3, -0.25) is 0 Å². The van der Waals surface area contributed by atoms with Crippen LogP contribution >= 0.6 is 0 Å². The lowest BCUT2D eigenvalue weighted by atomic mass is 9.96. The van der Waals surface area contributed by atoms with E-state index < -0.39 is 0 Å². The Labute approximate surface area is 104 Å². The molecular weight excluding hydrogens is 212 g/mol. The number of nitrogen functional groups attached to an aromatic ring is 1. The van der Waals surface area contributed by atoms with E-state index in [1.807, 2.05) is 18.2 Å². The molecule has 0 unspecified atom stereocenters. The lowest BCUT2D eigenvalue weighted by Gasteiger charge is -2.20. The summed E-state index contributed by atoms with van der Waals surface area (Å²) in [5.41, 5.74) is 6.19. The Morgan fingerprint density at radius 2 is 1.82 bits per heavy atom. The molecule has 0 amide bonds. The Bertz CT molecular complexity index is 309. The van der Waals surface area contributed by atoms with E-state index in [1.54, 1.807) is 13.2 Å². The number of benzene rings is 1. The first-order valence-electron chi connectivity index (χ1n) is 6.33. The standard InChI is InChI=1S/C7H9NO.C7H15N/c1-9-7-5-3-2-4-6(7)8;1-8-7-5-3-2-4-6-7/h2-5H,8H2,1H3;7-8H,2-6H2,1H3. The van der Waals surface area contributed by atoms with Crippen LogP contribution in [0, 0.1) is 0 Å². The van der Waals surface area contributed by atoms with Crippen molar-refractivity contribution < 1.29 is 4.74 Å². The first-order chi connectivity index (χ1) is 8.27. The molecule has 0 bridgehead atoms. The number of hydrogen-bond acceptors (Lipinski definition) is 3. The second kappa shape index (κ2) is 7.96. The predicted molar refractivity (Wildman–Crippen MR) is 73.3 cm³/mol. The fourth-order valence-corrected chi connectivity index (χ4v) is 2.06. The quantitative estimate of drug-likeness (QED) is 0.776. The second-order valence-electron chi connectivity index (χ2n) is 4.37. The van der Waals surface area contributed by atoms with Gasteiger partial charge in [-0.25, -0.2) is 0 Å². The zero-order chi connectivity index (χ0) is 12.5. The minimum Gasteiger partial charge on any atom is -0.495 e. The van der Waals surface area contributed by atoms with Crippen LogP contribution in [0.25, 0.3) is 0 Å². The molecule has 1 saturated carbocycles. The number of methoxy groups -OCH3 is 1. The summed E-state index contributed by atoms with van der Waals surface area (Å²) in [7, 11) is 3.67. The lowest BCUT2D eigenvalue weighted by Crippen LogP contribution is -2.26. The summed E-state index contributed by atoms with van der Waals surface area (Å²) in [6.45, 7) is 0. The number of nitrogens with two attached hydrogens (primary N) is 1. The molecule has 0 spiro atoms. The minimum atomic E-state index is 0.681. The molecule has 1 aliphatic rings. The number of rotatable bonds is 2. The molecule has 3 nitrogen and oxygen atoms in total. The summed E-state index contributed by atoms with van der Waals surface area (Å²) in [4.78, 5) is 0. The van der Waals surface area contributed by atoms with Gasteiger partial charge in [0.05, 0.1) is 12.8 Å². The summed E-state index contributed by atoms with van der Waals surface area (Å²) in [5.74, 6) is 0.734. The van der Waals surface area contributed by atoms with Crippen molar-refractivity contribution in [2.45, 2.75) is 38.1 Å². The van der Waals surface area contributed by atoms with Crippen LogP contribution in [0.15, 0.2) is 24.3 Å². The van der Waals surface area contributed by atoms with Gasteiger partial charge in [-0.15, -0.1) is 0 Å².